The number of aromatic hydroxyl groups is 1. The summed E-state index contributed by atoms with van der Waals surface area (Å²) in [7, 11) is -1.60. The van der Waals surface area contributed by atoms with E-state index in [2.05, 4.69) is 9.88 Å². The van der Waals surface area contributed by atoms with Crippen LogP contribution in [0.5, 0.6) is 5.75 Å². The molecule has 0 saturated carbocycles. The molecule has 3 aromatic rings. The zero-order valence-corrected chi connectivity index (χ0v) is 16.1. The van der Waals surface area contributed by atoms with Crippen LogP contribution in [0.25, 0.3) is 10.9 Å². The summed E-state index contributed by atoms with van der Waals surface area (Å²) in [5.41, 5.74) is 1.78. The van der Waals surface area contributed by atoms with Crippen LogP contribution in [0.1, 0.15) is 13.3 Å². The number of phenols is 1. The van der Waals surface area contributed by atoms with Gasteiger partial charge in [0.25, 0.3) is 0 Å². The van der Waals surface area contributed by atoms with E-state index in [1.807, 2.05) is 44.4 Å². The van der Waals surface area contributed by atoms with Crippen LogP contribution in [-0.2, 0) is 10.0 Å². The van der Waals surface area contributed by atoms with E-state index >= 15 is 0 Å². The molecule has 4 rings (SSSR count). The van der Waals surface area contributed by atoms with Crippen LogP contribution in [0.15, 0.2) is 59.6 Å². The Morgan fingerprint density at radius 1 is 1.15 bits per heavy atom. The number of hydrogen-bond acceptors (Lipinski definition) is 4. The SMILES string of the molecule is C[C@H]1C[C@@H](N(C)c2ccc(O)cc2)CN1S(=O)(=O)c1ccc2cc[nH]c2c1. The van der Waals surface area contributed by atoms with Gasteiger partial charge in [0.2, 0.25) is 10.0 Å². The molecule has 1 saturated heterocycles. The van der Waals surface area contributed by atoms with Gasteiger partial charge in [0.15, 0.2) is 0 Å². The van der Waals surface area contributed by atoms with E-state index in [0.29, 0.717) is 11.4 Å². The molecule has 0 spiro atoms. The van der Waals surface area contributed by atoms with Crippen molar-refractivity contribution in [2.45, 2.75) is 30.3 Å². The van der Waals surface area contributed by atoms with Crippen molar-refractivity contribution in [2.75, 3.05) is 18.5 Å². The molecule has 0 unspecified atom stereocenters. The lowest BCUT2D eigenvalue weighted by Gasteiger charge is -2.27. The summed E-state index contributed by atoms with van der Waals surface area (Å²) < 4.78 is 28.0. The quantitative estimate of drug-likeness (QED) is 0.723. The largest absolute Gasteiger partial charge is 0.508 e. The van der Waals surface area contributed by atoms with Crippen molar-refractivity contribution in [1.29, 1.82) is 0 Å². The van der Waals surface area contributed by atoms with Gasteiger partial charge in [-0.15, -0.1) is 0 Å². The van der Waals surface area contributed by atoms with Crippen LogP contribution in [0, 0.1) is 0 Å². The monoisotopic (exact) mass is 385 g/mol. The number of fused-ring (bicyclic) bond motifs is 1. The predicted molar refractivity (Wildman–Crippen MR) is 107 cm³/mol. The lowest BCUT2D eigenvalue weighted by atomic mass is 10.1. The number of nitrogens with zero attached hydrogens (tertiary/aromatic N) is 2. The maximum Gasteiger partial charge on any atom is 0.243 e. The van der Waals surface area contributed by atoms with Crippen molar-refractivity contribution < 1.29 is 13.5 Å². The van der Waals surface area contributed by atoms with E-state index in [1.54, 1.807) is 28.6 Å². The molecule has 2 N–H and O–H groups in total. The number of hydrogen-bond donors (Lipinski definition) is 2. The van der Waals surface area contributed by atoms with Gasteiger partial charge in [0.1, 0.15) is 5.75 Å². The summed E-state index contributed by atoms with van der Waals surface area (Å²) in [6.07, 6.45) is 2.56. The summed E-state index contributed by atoms with van der Waals surface area (Å²) in [6.45, 7) is 2.39. The number of sulfonamides is 1. The number of H-pyrrole nitrogens is 1. The van der Waals surface area contributed by atoms with Gasteiger partial charge >= 0.3 is 0 Å². The molecule has 2 heterocycles. The van der Waals surface area contributed by atoms with Crippen LogP contribution >= 0.6 is 0 Å². The van der Waals surface area contributed by atoms with Gasteiger partial charge < -0.3 is 15.0 Å². The molecule has 0 aliphatic carbocycles. The van der Waals surface area contributed by atoms with Crippen molar-refractivity contribution >= 4 is 26.6 Å². The second-order valence-electron chi connectivity index (χ2n) is 7.17. The summed E-state index contributed by atoms with van der Waals surface area (Å²) in [5, 5.41) is 10.5. The van der Waals surface area contributed by atoms with Crippen molar-refractivity contribution in [3.8, 4) is 5.75 Å². The maximum atomic E-state index is 13.2. The molecular weight excluding hydrogens is 362 g/mol. The molecule has 0 bridgehead atoms. The number of rotatable bonds is 4. The number of aromatic amines is 1. The lowest BCUT2D eigenvalue weighted by molar-refractivity contribution is 0.407. The molecule has 1 aliphatic heterocycles. The first-order valence-electron chi connectivity index (χ1n) is 8.97. The topological polar surface area (TPSA) is 76.6 Å². The van der Waals surface area contributed by atoms with Gasteiger partial charge in [-0.2, -0.15) is 4.31 Å². The zero-order chi connectivity index (χ0) is 19.2. The molecule has 1 aromatic heterocycles. The Bertz CT molecular complexity index is 1060. The highest BCUT2D eigenvalue weighted by atomic mass is 32.2. The number of benzene rings is 2. The minimum atomic E-state index is -3.57. The third-order valence-electron chi connectivity index (χ3n) is 5.43. The Labute approximate surface area is 159 Å². The van der Waals surface area contributed by atoms with Crippen LogP contribution in [0.2, 0.25) is 0 Å². The molecule has 0 radical (unpaired) electrons. The van der Waals surface area contributed by atoms with Gasteiger partial charge in [-0.3, -0.25) is 0 Å². The van der Waals surface area contributed by atoms with Crippen LogP contribution in [-0.4, -0.2) is 48.5 Å². The lowest BCUT2D eigenvalue weighted by Crippen LogP contribution is -2.37. The van der Waals surface area contributed by atoms with Crippen molar-refractivity contribution in [2.24, 2.45) is 0 Å². The smallest absolute Gasteiger partial charge is 0.243 e. The molecular formula is C20H23N3O3S. The average molecular weight is 385 g/mol. The number of likely N-dealkylation sites (N-methyl/N-ethyl adjacent to an activating group) is 1. The fraction of sp³-hybridized carbons (Fsp3) is 0.300. The summed E-state index contributed by atoms with van der Waals surface area (Å²) in [4.78, 5) is 5.48. The molecule has 2 aromatic carbocycles. The Balaban J connectivity index is 1.59. The highest BCUT2D eigenvalue weighted by Gasteiger charge is 2.39. The average Bonchev–Trinajstić information content (AvgIpc) is 3.27. The fourth-order valence-electron chi connectivity index (χ4n) is 3.81. The number of aromatic nitrogens is 1. The van der Waals surface area contributed by atoms with Crippen molar-refractivity contribution in [3.63, 3.8) is 0 Å². The molecule has 2 atom stereocenters. The molecule has 0 amide bonds. The first kappa shape index (κ1) is 17.9. The van der Waals surface area contributed by atoms with Crippen LogP contribution in [0.3, 0.4) is 0 Å². The Morgan fingerprint density at radius 3 is 2.63 bits per heavy atom. The maximum absolute atomic E-state index is 13.2. The van der Waals surface area contributed by atoms with Gasteiger partial charge in [0.05, 0.1) is 4.90 Å². The fourth-order valence-corrected chi connectivity index (χ4v) is 5.52. The Morgan fingerprint density at radius 2 is 1.89 bits per heavy atom. The highest BCUT2D eigenvalue weighted by Crippen LogP contribution is 2.31. The van der Waals surface area contributed by atoms with E-state index in [9.17, 15) is 13.5 Å². The Hall–Kier alpha value is -2.51. The van der Waals surface area contributed by atoms with Crippen molar-refractivity contribution in [1.82, 2.24) is 9.29 Å². The van der Waals surface area contributed by atoms with Crippen LogP contribution in [0.4, 0.5) is 5.69 Å². The highest BCUT2D eigenvalue weighted by molar-refractivity contribution is 7.89. The minimum Gasteiger partial charge on any atom is -0.508 e. The normalized spacial score (nSPS) is 21.0. The molecule has 1 aliphatic rings. The van der Waals surface area contributed by atoms with E-state index in [4.69, 9.17) is 0 Å². The first-order chi connectivity index (χ1) is 12.9. The second-order valence-corrected chi connectivity index (χ2v) is 9.06. The summed E-state index contributed by atoms with van der Waals surface area (Å²) in [6, 6.07) is 14.1. The summed E-state index contributed by atoms with van der Waals surface area (Å²) in [5.74, 6) is 0.218. The predicted octanol–water partition coefficient (Wildman–Crippen LogP) is 3.16. The number of phenolic OH excluding ortho intramolecular Hbond substituents is 1. The zero-order valence-electron chi connectivity index (χ0n) is 15.3. The number of anilines is 1. The third kappa shape index (κ3) is 3.17. The van der Waals surface area contributed by atoms with Crippen LogP contribution < -0.4 is 4.90 Å². The van der Waals surface area contributed by atoms with Crippen molar-refractivity contribution in [3.05, 3.63) is 54.7 Å². The van der Waals surface area contributed by atoms with E-state index in [0.717, 1.165) is 23.0 Å². The van der Waals surface area contributed by atoms with E-state index < -0.39 is 10.0 Å². The standard InChI is InChI=1S/C20H23N3O3S/c1-14-11-17(22(2)16-4-6-18(24)7-5-16)13-23(14)27(25,26)19-8-3-15-9-10-21-20(15)12-19/h3-10,12,14,17,21,24H,11,13H2,1-2H3/t14-,17+/m0/s1. The first-order valence-corrected chi connectivity index (χ1v) is 10.4. The Kier molecular flexibility index (Phi) is 4.36. The second kappa shape index (κ2) is 6.58. The minimum absolute atomic E-state index is 0.0773. The van der Waals surface area contributed by atoms with E-state index in [1.165, 1.54) is 0 Å². The molecule has 1 fully saturated rings. The molecule has 7 heteroatoms. The molecule has 6 nitrogen and oxygen atoms in total. The van der Waals surface area contributed by atoms with Gasteiger partial charge in [-0.05, 0) is 61.2 Å². The van der Waals surface area contributed by atoms with Gasteiger partial charge in [0, 0.05) is 43.1 Å². The molecule has 27 heavy (non-hydrogen) atoms. The van der Waals surface area contributed by atoms with E-state index in [-0.39, 0.29) is 17.8 Å². The third-order valence-corrected chi connectivity index (χ3v) is 7.41. The summed E-state index contributed by atoms with van der Waals surface area (Å²) >= 11 is 0. The number of nitrogens with one attached hydrogen (secondary N) is 1. The van der Waals surface area contributed by atoms with Gasteiger partial charge in [-0.1, -0.05) is 6.07 Å². The molecule has 142 valence electrons. The van der Waals surface area contributed by atoms with Gasteiger partial charge in [-0.25, -0.2) is 8.42 Å².